The van der Waals surface area contributed by atoms with E-state index in [0.29, 0.717) is 44.0 Å². The fourth-order valence-corrected chi connectivity index (χ4v) is 12.3. The maximum atomic E-state index is 16.9. The van der Waals surface area contributed by atoms with Crippen LogP contribution in [0.25, 0.3) is 0 Å². The van der Waals surface area contributed by atoms with Gasteiger partial charge in [0.05, 0.1) is 48.1 Å². The van der Waals surface area contributed by atoms with Crippen LogP contribution in [0.15, 0.2) is 11.8 Å². The van der Waals surface area contributed by atoms with Crippen molar-refractivity contribution in [2.75, 3.05) is 99.2 Å². The molecule has 56 heavy (non-hydrogen) atoms. The van der Waals surface area contributed by atoms with Crippen LogP contribution in [-0.4, -0.2) is 201 Å². The SMILES string of the molecule is CN1CCN(CCCNC(=O)C2=CN3C4CC5OC6CCCCC6C5CC4OC4C(N5CC[C@@H](NC(=O)CCN6CCN(C)CC6)C5)C(F)CC(C2=O)C43)CC1. The number of likely N-dealkylation sites (N-methyl/N-ethyl adjacent to an activating group) is 2. The summed E-state index contributed by atoms with van der Waals surface area (Å²) in [5.41, 5.74) is 0.166. The molecule has 14 heteroatoms. The summed E-state index contributed by atoms with van der Waals surface area (Å²) in [6.07, 6.45) is 8.95. The molecule has 6 heterocycles. The molecule has 9 rings (SSSR count). The fourth-order valence-electron chi connectivity index (χ4n) is 12.3. The number of Topliss-reactive ketones (excluding diaryl/α,β-unsaturated/α-hetero) is 1. The number of carbonyl (C=O) groups excluding carboxylic acids is 3. The molecular formula is C42H67FN8O5. The summed E-state index contributed by atoms with van der Waals surface area (Å²) in [6, 6.07) is -0.929. The molecule has 0 radical (unpaired) electrons. The minimum atomic E-state index is -1.28. The van der Waals surface area contributed by atoms with E-state index in [-0.39, 0.29) is 59.9 Å². The van der Waals surface area contributed by atoms with E-state index in [4.69, 9.17) is 9.47 Å². The normalized spacial score (nSPS) is 41.0. The van der Waals surface area contributed by atoms with Gasteiger partial charge in [-0.2, -0.15) is 0 Å². The zero-order chi connectivity index (χ0) is 38.5. The molecule has 3 aliphatic carbocycles. The Bertz CT molecular complexity index is 1470. The van der Waals surface area contributed by atoms with Crippen LogP contribution in [0, 0.1) is 17.8 Å². The number of hydrogen-bond donors (Lipinski definition) is 2. The highest BCUT2D eigenvalue weighted by Crippen LogP contribution is 2.53. The molecule has 5 saturated heterocycles. The predicted octanol–water partition coefficient (Wildman–Crippen LogP) is 0.936. The monoisotopic (exact) mass is 783 g/mol. The quantitative estimate of drug-likeness (QED) is 0.244. The molecule has 8 fully saturated rings. The van der Waals surface area contributed by atoms with Gasteiger partial charge in [-0.1, -0.05) is 12.8 Å². The molecule has 6 aliphatic heterocycles. The molecule has 312 valence electrons. The number of morpholine rings is 1. The Morgan fingerprint density at radius 3 is 2.30 bits per heavy atom. The van der Waals surface area contributed by atoms with Crippen LogP contribution in [0.5, 0.6) is 0 Å². The highest BCUT2D eigenvalue weighted by molar-refractivity contribution is 6.20. The molecule has 0 aromatic heterocycles. The van der Waals surface area contributed by atoms with Gasteiger partial charge in [0.15, 0.2) is 5.78 Å². The lowest BCUT2D eigenvalue weighted by Gasteiger charge is -2.61. The topological polar surface area (TPSA) is 113 Å². The number of halogens is 1. The first-order chi connectivity index (χ1) is 27.2. The molecule has 13 nitrogen and oxygen atoms in total. The number of fused-ring (bicyclic) bond motifs is 5. The van der Waals surface area contributed by atoms with E-state index in [1.54, 1.807) is 0 Å². The van der Waals surface area contributed by atoms with E-state index < -0.39 is 24.2 Å². The molecule has 0 aromatic rings. The first kappa shape index (κ1) is 39.3. The smallest absolute Gasteiger partial charge is 0.256 e. The van der Waals surface area contributed by atoms with E-state index in [2.05, 4.69) is 54.1 Å². The van der Waals surface area contributed by atoms with Gasteiger partial charge in [0.1, 0.15) is 6.17 Å². The van der Waals surface area contributed by atoms with Crippen molar-refractivity contribution in [2.45, 2.75) is 119 Å². The second-order valence-corrected chi connectivity index (χ2v) is 18.9. The van der Waals surface area contributed by atoms with Gasteiger partial charge >= 0.3 is 0 Å². The molecule has 12 atom stereocenters. The molecule has 0 bridgehead atoms. The van der Waals surface area contributed by atoms with Crippen LogP contribution >= 0.6 is 0 Å². The van der Waals surface area contributed by atoms with Crippen molar-refractivity contribution < 1.29 is 28.2 Å². The third-order valence-corrected chi connectivity index (χ3v) is 15.4. The fraction of sp³-hybridized carbons (Fsp3) is 0.881. The highest BCUT2D eigenvalue weighted by atomic mass is 19.1. The number of ether oxygens (including phenoxy) is 2. The van der Waals surface area contributed by atoms with Gasteiger partial charge in [-0.05, 0) is 77.4 Å². The Hall–Kier alpha value is -2.20. The maximum absolute atomic E-state index is 16.9. The number of ketones is 1. The predicted molar refractivity (Wildman–Crippen MR) is 210 cm³/mol. The van der Waals surface area contributed by atoms with Crippen molar-refractivity contribution in [3.05, 3.63) is 11.8 Å². The van der Waals surface area contributed by atoms with Gasteiger partial charge < -0.3 is 44.6 Å². The standard InChI is InChI=1S/C42H67FN8O5/c1-46-14-18-48(19-15-46)11-5-10-44-42(54)31-26-51-33-24-35-29(28-6-3-4-7-34(28)55-35)23-36(33)56-41-38(51)30(40(31)53)22-32(43)39(41)50-13-8-27(25-50)45-37(52)9-12-49-20-16-47(2)17-21-49/h26-30,32-36,38-39,41H,3-25H2,1-2H3,(H,44,54)(H,45,52)/t27-,28?,29?,30?,32?,33?,34?,35?,36?,38?,39?,41?/m1/s1. The molecule has 0 aromatic carbocycles. The number of likely N-dealkylation sites (tertiary alicyclic amines) is 1. The summed E-state index contributed by atoms with van der Waals surface area (Å²) in [6.45, 7) is 11.6. The number of hydrogen-bond acceptors (Lipinski definition) is 11. The third-order valence-electron chi connectivity index (χ3n) is 15.4. The summed E-state index contributed by atoms with van der Waals surface area (Å²) >= 11 is 0. The Labute approximate surface area is 332 Å². The number of rotatable bonds is 10. The van der Waals surface area contributed by atoms with E-state index >= 15 is 4.39 Å². The van der Waals surface area contributed by atoms with Crippen molar-refractivity contribution in [1.82, 2.24) is 40.0 Å². The lowest BCUT2D eigenvalue weighted by molar-refractivity contribution is -0.220. The van der Waals surface area contributed by atoms with Gasteiger partial charge in [-0.15, -0.1) is 0 Å². The zero-order valence-corrected chi connectivity index (χ0v) is 33.9. The van der Waals surface area contributed by atoms with Crippen LogP contribution in [0.4, 0.5) is 4.39 Å². The number of carbonyl (C=O) groups is 3. The molecule has 9 aliphatic rings. The largest absolute Gasteiger partial charge is 0.374 e. The van der Waals surface area contributed by atoms with Crippen LogP contribution in [-0.2, 0) is 23.9 Å². The summed E-state index contributed by atoms with van der Waals surface area (Å²) in [4.78, 5) is 55.2. The average molecular weight is 783 g/mol. The van der Waals surface area contributed by atoms with Crippen molar-refractivity contribution in [3.8, 4) is 0 Å². The summed E-state index contributed by atoms with van der Waals surface area (Å²) in [5, 5.41) is 6.34. The van der Waals surface area contributed by atoms with E-state index in [1.165, 1.54) is 19.3 Å². The molecule has 2 amide bonds. The van der Waals surface area contributed by atoms with E-state index in [9.17, 15) is 14.4 Å². The molecule has 11 unspecified atom stereocenters. The summed E-state index contributed by atoms with van der Waals surface area (Å²) in [7, 11) is 4.28. The second-order valence-electron chi connectivity index (χ2n) is 18.9. The van der Waals surface area contributed by atoms with Gasteiger partial charge in [-0.25, -0.2) is 4.39 Å². The molecular weight excluding hydrogens is 716 g/mol. The van der Waals surface area contributed by atoms with Crippen molar-refractivity contribution >= 4 is 17.6 Å². The summed E-state index contributed by atoms with van der Waals surface area (Å²) in [5.74, 6) is -0.214. The van der Waals surface area contributed by atoms with Gasteiger partial charge in [0.25, 0.3) is 5.91 Å². The van der Waals surface area contributed by atoms with Crippen LogP contribution in [0.1, 0.15) is 64.2 Å². The lowest BCUT2D eigenvalue weighted by atomic mass is 9.67. The van der Waals surface area contributed by atoms with Crippen LogP contribution in [0.3, 0.4) is 0 Å². The van der Waals surface area contributed by atoms with Crippen molar-refractivity contribution in [2.24, 2.45) is 17.8 Å². The van der Waals surface area contributed by atoms with Gasteiger partial charge in [0, 0.05) is 103 Å². The lowest BCUT2D eigenvalue weighted by Crippen LogP contribution is -2.73. The van der Waals surface area contributed by atoms with Crippen LogP contribution in [0.2, 0.25) is 0 Å². The maximum Gasteiger partial charge on any atom is 0.256 e. The first-order valence-electron chi connectivity index (χ1n) is 22.3. The second kappa shape index (κ2) is 16.8. The number of nitrogens with zero attached hydrogens (tertiary/aromatic N) is 6. The number of piperazine rings is 2. The Morgan fingerprint density at radius 2 is 1.54 bits per heavy atom. The number of alkyl halides is 1. The number of amides is 2. The average Bonchev–Trinajstić information content (AvgIpc) is 3.81. The van der Waals surface area contributed by atoms with E-state index in [1.807, 2.05) is 6.20 Å². The minimum Gasteiger partial charge on any atom is -0.374 e. The Morgan fingerprint density at radius 1 is 0.804 bits per heavy atom. The Kier molecular flexibility index (Phi) is 11.8. The molecule has 2 N–H and O–H groups in total. The zero-order valence-electron chi connectivity index (χ0n) is 33.9. The first-order valence-corrected chi connectivity index (χ1v) is 22.3. The van der Waals surface area contributed by atoms with Gasteiger partial charge in [0.2, 0.25) is 5.91 Å². The third kappa shape index (κ3) is 7.93. The molecule has 3 saturated carbocycles. The van der Waals surface area contributed by atoms with Crippen molar-refractivity contribution in [3.63, 3.8) is 0 Å². The van der Waals surface area contributed by atoms with E-state index in [0.717, 1.165) is 97.6 Å². The van der Waals surface area contributed by atoms with Crippen molar-refractivity contribution in [1.29, 1.82) is 0 Å². The van der Waals surface area contributed by atoms with Gasteiger partial charge in [-0.3, -0.25) is 19.3 Å². The molecule has 0 spiro atoms. The Balaban J connectivity index is 0.899. The van der Waals surface area contributed by atoms with Crippen LogP contribution < -0.4 is 10.6 Å². The number of nitrogens with one attached hydrogen (secondary N) is 2. The summed E-state index contributed by atoms with van der Waals surface area (Å²) < 4.78 is 30.8. The minimum absolute atomic E-state index is 0.0315. The highest BCUT2D eigenvalue weighted by Gasteiger charge is 2.62.